The molecule has 0 bridgehead atoms. The van der Waals surface area contributed by atoms with Gasteiger partial charge in [0.15, 0.2) is 0 Å². The number of hydrogen-bond donors (Lipinski definition) is 2. The van der Waals surface area contributed by atoms with Crippen LogP contribution in [-0.4, -0.2) is 21.9 Å². The van der Waals surface area contributed by atoms with Gasteiger partial charge in [-0.2, -0.15) is 5.26 Å². The second-order valence-corrected chi connectivity index (χ2v) is 6.02. The minimum Gasteiger partial charge on any atom is -0.478 e. The normalized spacial score (nSPS) is 10.8. The highest BCUT2D eigenvalue weighted by atomic mass is 16.6. The van der Waals surface area contributed by atoms with E-state index in [2.05, 4.69) is 5.32 Å². The van der Waals surface area contributed by atoms with Gasteiger partial charge < -0.3 is 14.8 Å². The monoisotopic (exact) mass is 403 g/mol. The van der Waals surface area contributed by atoms with Crippen LogP contribution in [0.15, 0.2) is 70.7 Å². The number of benzene rings is 2. The van der Waals surface area contributed by atoms with Crippen LogP contribution in [0.25, 0.3) is 17.4 Å². The smallest absolute Gasteiger partial charge is 0.335 e. The molecule has 148 valence electrons. The molecule has 9 nitrogen and oxygen atoms in total. The van der Waals surface area contributed by atoms with Crippen molar-refractivity contribution in [2.45, 2.75) is 0 Å². The molecule has 1 aromatic heterocycles. The van der Waals surface area contributed by atoms with E-state index in [1.165, 1.54) is 54.6 Å². The van der Waals surface area contributed by atoms with Crippen molar-refractivity contribution in [2.24, 2.45) is 0 Å². The Morgan fingerprint density at radius 2 is 1.90 bits per heavy atom. The highest BCUT2D eigenvalue weighted by molar-refractivity contribution is 6.09. The molecule has 0 saturated heterocycles. The van der Waals surface area contributed by atoms with Crippen LogP contribution in [0.4, 0.5) is 11.4 Å². The largest absolute Gasteiger partial charge is 0.478 e. The molecule has 2 N–H and O–H groups in total. The van der Waals surface area contributed by atoms with Crippen LogP contribution in [0.3, 0.4) is 0 Å². The third-order valence-electron chi connectivity index (χ3n) is 3.99. The number of amides is 1. The molecule has 1 heterocycles. The van der Waals surface area contributed by atoms with Crippen molar-refractivity contribution in [1.29, 1.82) is 5.26 Å². The molecule has 9 heteroatoms. The van der Waals surface area contributed by atoms with Crippen LogP contribution < -0.4 is 5.32 Å². The number of carboxylic acids is 1. The summed E-state index contributed by atoms with van der Waals surface area (Å²) in [5.41, 5.74) is 0.315. The highest BCUT2D eigenvalue weighted by Gasteiger charge is 2.14. The van der Waals surface area contributed by atoms with Crippen molar-refractivity contribution in [1.82, 2.24) is 0 Å². The Kier molecular flexibility index (Phi) is 5.70. The Bertz CT molecular complexity index is 1220. The molecule has 0 saturated carbocycles. The van der Waals surface area contributed by atoms with Gasteiger partial charge in [0.1, 0.15) is 23.2 Å². The number of carbonyl (C=O) groups is 2. The number of carbonyl (C=O) groups excluding carboxylic acids is 1. The van der Waals surface area contributed by atoms with E-state index >= 15 is 0 Å². The van der Waals surface area contributed by atoms with Crippen LogP contribution >= 0.6 is 0 Å². The summed E-state index contributed by atoms with van der Waals surface area (Å²) in [6.45, 7) is 0. The number of aromatic carboxylic acids is 1. The fourth-order valence-electron chi connectivity index (χ4n) is 2.58. The first-order valence-electron chi connectivity index (χ1n) is 8.48. The molecule has 30 heavy (non-hydrogen) atoms. The Morgan fingerprint density at radius 3 is 2.60 bits per heavy atom. The summed E-state index contributed by atoms with van der Waals surface area (Å²) < 4.78 is 5.58. The molecule has 0 aliphatic rings. The standard InChI is InChI=1S/C21H13N3O6/c22-12-15(20(25)23-16-5-1-4-14(9-16)21(26)27)11-18-7-8-19(30-18)13-3-2-6-17(10-13)24(28)29/h1-11H,(H,23,25)(H,26,27)/b15-11+. The fraction of sp³-hybridized carbons (Fsp3) is 0. The Hall–Kier alpha value is -4.71. The van der Waals surface area contributed by atoms with E-state index in [-0.39, 0.29) is 28.3 Å². The Balaban J connectivity index is 1.81. The second-order valence-electron chi connectivity index (χ2n) is 6.02. The number of hydrogen-bond acceptors (Lipinski definition) is 6. The van der Waals surface area contributed by atoms with Gasteiger partial charge in [-0.3, -0.25) is 14.9 Å². The molecule has 0 spiro atoms. The van der Waals surface area contributed by atoms with Gasteiger partial charge in [0.05, 0.1) is 10.5 Å². The Labute approximate surface area is 169 Å². The van der Waals surface area contributed by atoms with Crippen molar-refractivity contribution in [3.05, 3.63) is 87.7 Å². The van der Waals surface area contributed by atoms with Gasteiger partial charge in [0.25, 0.3) is 11.6 Å². The molecule has 0 unspecified atom stereocenters. The first-order chi connectivity index (χ1) is 14.4. The zero-order chi connectivity index (χ0) is 21.7. The maximum Gasteiger partial charge on any atom is 0.335 e. The van der Waals surface area contributed by atoms with Crippen LogP contribution in [0.2, 0.25) is 0 Å². The summed E-state index contributed by atoms with van der Waals surface area (Å²) in [4.78, 5) is 33.8. The van der Waals surface area contributed by atoms with Crippen LogP contribution in [0, 0.1) is 21.4 Å². The first kappa shape index (κ1) is 20.0. The number of anilines is 1. The lowest BCUT2D eigenvalue weighted by Gasteiger charge is -2.05. The van der Waals surface area contributed by atoms with Gasteiger partial charge in [-0.25, -0.2) is 4.79 Å². The lowest BCUT2D eigenvalue weighted by Crippen LogP contribution is -2.13. The van der Waals surface area contributed by atoms with Gasteiger partial charge in [-0.05, 0) is 30.3 Å². The van der Waals surface area contributed by atoms with Gasteiger partial charge in [0.2, 0.25) is 0 Å². The number of nitro benzene ring substituents is 1. The zero-order valence-electron chi connectivity index (χ0n) is 15.2. The lowest BCUT2D eigenvalue weighted by atomic mass is 10.1. The number of nitriles is 1. The summed E-state index contributed by atoms with van der Waals surface area (Å²) >= 11 is 0. The molecular formula is C21H13N3O6. The maximum atomic E-state index is 12.4. The third kappa shape index (κ3) is 4.58. The number of carboxylic acid groups (broad SMARTS) is 1. The molecule has 0 atom stereocenters. The molecule has 1 amide bonds. The minimum absolute atomic E-state index is 0.0112. The minimum atomic E-state index is -1.15. The quantitative estimate of drug-likeness (QED) is 0.272. The fourth-order valence-corrected chi connectivity index (χ4v) is 2.58. The predicted molar refractivity (Wildman–Crippen MR) is 106 cm³/mol. The summed E-state index contributed by atoms with van der Waals surface area (Å²) in [6.07, 6.45) is 1.22. The molecule has 0 aliphatic heterocycles. The maximum absolute atomic E-state index is 12.4. The number of nitro groups is 1. The third-order valence-corrected chi connectivity index (χ3v) is 3.99. The van der Waals surface area contributed by atoms with Crippen molar-refractivity contribution < 1.29 is 24.0 Å². The Morgan fingerprint density at radius 1 is 1.13 bits per heavy atom. The van der Waals surface area contributed by atoms with E-state index in [4.69, 9.17) is 9.52 Å². The molecule has 3 aromatic rings. The number of nitrogens with one attached hydrogen (secondary N) is 1. The van der Waals surface area contributed by atoms with E-state index in [1.54, 1.807) is 18.2 Å². The molecule has 0 aliphatic carbocycles. The summed E-state index contributed by atoms with van der Waals surface area (Å²) in [5.74, 6) is -1.36. The van der Waals surface area contributed by atoms with Crippen LogP contribution in [0.1, 0.15) is 16.1 Å². The molecule has 2 aromatic carbocycles. The number of non-ortho nitro benzene ring substituents is 1. The van der Waals surface area contributed by atoms with E-state index < -0.39 is 16.8 Å². The van der Waals surface area contributed by atoms with Crippen LogP contribution in [0.5, 0.6) is 0 Å². The summed E-state index contributed by atoms with van der Waals surface area (Å²) in [7, 11) is 0. The van der Waals surface area contributed by atoms with Crippen LogP contribution in [-0.2, 0) is 4.79 Å². The van der Waals surface area contributed by atoms with E-state index in [0.717, 1.165) is 0 Å². The molecule has 0 radical (unpaired) electrons. The predicted octanol–water partition coefficient (Wildman–Crippen LogP) is 4.10. The van der Waals surface area contributed by atoms with Gasteiger partial charge in [0, 0.05) is 29.5 Å². The first-order valence-corrected chi connectivity index (χ1v) is 8.48. The number of furan rings is 1. The summed E-state index contributed by atoms with van der Waals surface area (Å²) in [6, 6.07) is 16.3. The SMILES string of the molecule is N#C/C(=C\c1ccc(-c2cccc([N+](=O)[O-])c2)o1)C(=O)Nc1cccc(C(=O)O)c1. The van der Waals surface area contributed by atoms with Crippen molar-refractivity contribution >= 4 is 29.3 Å². The van der Waals surface area contributed by atoms with Crippen molar-refractivity contribution in [3.63, 3.8) is 0 Å². The number of rotatable bonds is 6. The average Bonchev–Trinajstić information content (AvgIpc) is 3.21. The lowest BCUT2D eigenvalue weighted by molar-refractivity contribution is -0.384. The highest BCUT2D eigenvalue weighted by Crippen LogP contribution is 2.26. The summed E-state index contributed by atoms with van der Waals surface area (Å²) in [5, 5.41) is 31.7. The van der Waals surface area contributed by atoms with E-state index in [0.29, 0.717) is 11.3 Å². The van der Waals surface area contributed by atoms with Crippen molar-refractivity contribution in [2.75, 3.05) is 5.32 Å². The average molecular weight is 403 g/mol. The van der Waals surface area contributed by atoms with E-state index in [9.17, 15) is 25.0 Å². The molecule has 3 rings (SSSR count). The number of nitrogens with zero attached hydrogens (tertiary/aromatic N) is 2. The van der Waals surface area contributed by atoms with E-state index in [1.807, 2.05) is 0 Å². The van der Waals surface area contributed by atoms with Gasteiger partial charge >= 0.3 is 5.97 Å². The zero-order valence-corrected chi connectivity index (χ0v) is 15.2. The van der Waals surface area contributed by atoms with Gasteiger partial charge in [-0.1, -0.05) is 18.2 Å². The van der Waals surface area contributed by atoms with Crippen molar-refractivity contribution in [3.8, 4) is 17.4 Å². The molecular weight excluding hydrogens is 390 g/mol. The second kappa shape index (κ2) is 8.53. The van der Waals surface area contributed by atoms with Gasteiger partial charge in [-0.15, -0.1) is 0 Å². The topological polar surface area (TPSA) is 146 Å². The molecule has 0 fully saturated rings.